The van der Waals surface area contributed by atoms with Gasteiger partial charge in [-0.15, -0.1) is 11.8 Å². The summed E-state index contributed by atoms with van der Waals surface area (Å²) in [4.78, 5) is 1.07. The summed E-state index contributed by atoms with van der Waals surface area (Å²) < 4.78 is 5.21. The first kappa shape index (κ1) is 11.4. The Bertz CT molecular complexity index is 304. The lowest BCUT2D eigenvalue weighted by atomic mass is 10.1. The minimum absolute atomic E-state index is 0.0538. The van der Waals surface area contributed by atoms with Crippen LogP contribution in [-0.4, -0.2) is 25.1 Å². The molecule has 1 aromatic carbocycles. The minimum atomic E-state index is -0.334. The van der Waals surface area contributed by atoms with E-state index in [9.17, 15) is 0 Å². The van der Waals surface area contributed by atoms with Crippen molar-refractivity contribution >= 4 is 11.8 Å². The number of benzene rings is 1. The molecule has 0 fully saturated rings. The molecule has 0 aliphatic carbocycles. The van der Waals surface area contributed by atoms with E-state index >= 15 is 0 Å². The van der Waals surface area contributed by atoms with Crippen LogP contribution in [0.15, 0.2) is 23.1 Å². The van der Waals surface area contributed by atoms with Crippen LogP contribution in [-0.2, 0) is 0 Å². The molecule has 0 radical (unpaired) electrons. The van der Waals surface area contributed by atoms with Crippen LogP contribution in [0.5, 0.6) is 5.75 Å². The number of rotatable bonds is 4. The topological polar surface area (TPSA) is 55.5 Å². The zero-order valence-electron chi connectivity index (χ0n) is 8.36. The predicted molar refractivity (Wildman–Crippen MR) is 58.8 cm³/mol. The summed E-state index contributed by atoms with van der Waals surface area (Å²) >= 11 is 1.62. The highest BCUT2D eigenvalue weighted by Crippen LogP contribution is 2.29. The van der Waals surface area contributed by atoms with Crippen molar-refractivity contribution in [1.82, 2.24) is 0 Å². The summed E-state index contributed by atoms with van der Waals surface area (Å²) in [5.41, 5.74) is 6.59. The van der Waals surface area contributed by atoms with Gasteiger partial charge in [-0.1, -0.05) is 6.07 Å². The largest absolute Gasteiger partial charge is 0.496 e. The SMILES string of the molecule is COc1cc(C(N)CO)ccc1SC. The van der Waals surface area contributed by atoms with Gasteiger partial charge in [-0.25, -0.2) is 0 Å². The van der Waals surface area contributed by atoms with Crippen LogP contribution < -0.4 is 10.5 Å². The number of ether oxygens (including phenoxy) is 1. The van der Waals surface area contributed by atoms with Crippen molar-refractivity contribution < 1.29 is 9.84 Å². The molecule has 0 saturated heterocycles. The molecule has 1 aromatic rings. The Morgan fingerprint density at radius 1 is 1.57 bits per heavy atom. The van der Waals surface area contributed by atoms with Gasteiger partial charge in [0.15, 0.2) is 0 Å². The number of hydrogen-bond acceptors (Lipinski definition) is 4. The quantitative estimate of drug-likeness (QED) is 0.742. The van der Waals surface area contributed by atoms with Crippen molar-refractivity contribution in [2.75, 3.05) is 20.0 Å². The number of hydrogen-bond donors (Lipinski definition) is 2. The van der Waals surface area contributed by atoms with Crippen molar-refractivity contribution in [1.29, 1.82) is 0 Å². The molecule has 3 nitrogen and oxygen atoms in total. The van der Waals surface area contributed by atoms with Gasteiger partial charge in [0, 0.05) is 4.90 Å². The Hall–Kier alpha value is -0.710. The summed E-state index contributed by atoms with van der Waals surface area (Å²) in [6.07, 6.45) is 1.99. The van der Waals surface area contributed by atoms with Crippen LogP contribution in [0.3, 0.4) is 0 Å². The molecule has 0 spiro atoms. The Morgan fingerprint density at radius 2 is 2.29 bits per heavy atom. The van der Waals surface area contributed by atoms with E-state index in [-0.39, 0.29) is 12.6 Å². The maximum atomic E-state index is 8.91. The molecule has 4 heteroatoms. The minimum Gasteiger partial charge on any atom is -0.496 e. The molecule has 0 bridgehead atoms. The van der Waals surface area contributed by atoms with E-state index in [1.165, 1.54) is 0 Å². The average molecular weight is 213 g/mol. The summed E-state index contributed by atoms with van der Waals surface area (Å²) in [6.45, 7) is -0.0538. The first-order valence-electron chi connectivity index (χ1n) is 4.31. The van der Waals surface area contributed by atoms with Gasteiger partial charge in [0.2, 0.25) is 0 Å². The third kappa shape index (κ3) is 2.41. The standard InChI is InChI=1S/C10H15NO2S/c1-13-9-5-7(8(11)6-12)3-4-10(9)14-2/h3-5,8,12H,6,11H2,1-2H3. The third-order valence-corrected chi connectivity index (χ3v) is 2.81. The molecule has 0 saturated carbocycles. The highest BCUT2D eigenvalue weighted by Gasteiger charge is 2.08. The molecule has 0 aromatic heterocycles. The maximum Gasteiger partial charge on any atom is 0.132 e. The van der Waals surface area contributed by atoms with E-state index in [0.717, 1.165) is 16.2 Å². The summed E-state index contributed by atoms with van der Waals surface area (Å²) in [6, 6.07) is 5.40. The van der Waals surface area contributed by atoms with Crippen LogP contribution in [0.25, 0.3) is 0 Å². The van der Waals surface area contributed by atoms with Gasteiger partial charge in [0.25, 0.3) is 0 Å². The summed E-state index contributed by atoms with van der Waals surface area (Å²) in [7, 11) is 1.63. The first-order chi connectivity index (χ1) is 6.72. The molecule has 0 aliphatic heterocycles. The van der Waals surface area contributed by atoms with Crippen molar-refractivity contribution in [3.05, 3.63) is 23.8 Å². The second kappa shape index (κ2) is 5.24. The van der Waals surface area contributed by atoms with Crippen LogP contribution in [0.2, 0.25) is 0 Å². The molecular formula is C10H15NO2S. The second-order valence-corrected chi connectivity index (χ2v) is 3.75. The van der Waals surface area contributed by atoms with Gasteiger partial charge in [0.05, 0.1) is 19.8 Å². The number of nitrogens with two attached hydrogens (primary N) is 1. The Balaban J connectivity index is 3.01. The van der Waals surface area contributed by atoms with Crippen molar-refractivity contribution in [2.24, 2.45) is 5.73 Å². The highest BCUT2D eigenvalue weighted by molar-refractivity contribution is 7.98. The zero-order valence-corrected chi connectivity index (χ0v) is 9.17. The molecule has 1 rings (SSSR count). The molecular weight excluding hydrogens is 198 g/mol. The highest BCUT2D eigenvalue weighted by atomic mass is 32.2. The van der Waals surface area contributed by atoms with E-state index in [1.807, 2.05) is 24.5 Å². The molecule has 78 valence electrons. The van der Waals surface area contributed by atoms with E-state index in [0.29, 0.717) is 0 Å². The van der Waals surface area contributed by atoms with Gasteiger partial charge in [-0.05, 0) is 24.0 Å². The fourth-order valence-corrected chi connectivity index (χ4v) is 1.74. The van der Waals surface area contributed by atoms with E-state index < -0.39 is 0 Å². The molecule has 1 atom stereocenters. The molecule has 3 N–H and O–H groups in total. The summed E-state index contributed by atoms with van der Waals surface area (Å²) in [5.74, 6) is 0.805. The van der Waals surface area contributed by atoms with E-state index in [2.05, 4.69) is 0 Å². The Morgan fingerprint density at radius 3 is 2.79 bits per heavy atom. The second-order valence-electron chi connectivity index (χ2n) is 2.90. The van der Waals surface area contributed by atoms with Gasteiger partial charge in [0.1, 0.15) is 5.75 Å². The van der Waals surface area contributed by atoms with Gasteiger partial charge in [-0.3, -0.25) is 0 Å². The monoisotopic (exact) mass is 213 g/mol. The van der Waals surface area contributed by atoms with Crippen molar-refractivity contribution in [2.45, 2.75) is 10.9 Å². The lowest BCUT2D eigenvalue weighted by molar-refractivity contribution is 0.267. The normalized spacial score (nSPS) is 12.6. The number of aliphatic hydroxyl groups is 1. The van der Waals surface area contributed by atoms with Crippen LogP contribution in [0, 0.1) is 0 Å². The molecule has 1 unspecified atom stereocenters. The van der Waals surface area contributed by atoms with E-state index in [1.54, 1.807) is 18.9 Å². The lowest BCUT2D eigenvalue weighted by Crippen LogP contribution is -2.14. The fourth-order valence-electron chi connectivity index (χ4n) is 1.19. The maximum absolute atomic E-state index is 8.91. The Labute approximate surface area is 88.3 Å². The van der Waals surface area contributed by atoms with E-state index in [4.69, 9.17) is 15.6 Å². The number of aliphatic hydroxyl groups excluding tert-OH is 1. The molecule has 0 heterocycles. The van der Waals surface area contributed by atoms with Crippen molar-refractivity contribution in [3.63, 3.8) is 0 Å². The lowest BCUT2D eigenvalue weighted by Gasteiger charge is -2.12. The fraction of sp³-hybridized carbons (Fsp3) is 0.400. The predicted octanol–water partition coefficient (Wildman–Crippen LogP) is 1.41. The Kier molecular flexibility index (Phi) is 4.25. The molecule has 0 amide bonds. The third-order valence-electron chi connectivity index (χ3n) is 2.03. The molecule has 0 aliphatic rings. The van der Waals surface area contributed by atoms with Crippen molar-refractivity contribution in [3.8, 4) is 5.75 Å². The van der Waals surface area contributed by atoms with Crippen LogP contribution in [0.4, 0.5) is 0 Å². The average Bonchev–Trinajstić information content (AvgIpc) is 2.26. The van der Waals surface area contributed by atoms with Gasteiger partial charge in [-0.2, -0.15) is 0 Å². The van der Waals surface area contributed by atoms with Crippen LogP contribution in [0.1, 0.15) is 11.6 Å². The zero-order chi connectivity index (χ0) is 10.6. The number of thioether (sulfide) groups is 1. The molecule has 14 heavy (non-hydrogen) atoms. The smallest absolute Gasteiger partial charge is 0.132 e. The number of methoxy groups -OCH3 is 1. The first-order valence-corrected chi connectivity index (χ1v) is 5.53. The van der Waals surface area contributed by atoms with Gasteiger partial charge >= 0.3 is 0 Å². The summed E-state index contributed by atoms with van der Waals surface area (Å²) in [5, 5.41) is 8.91. The van der Waals surface area contributed by atoms with Gasteiger partial charge < -0.3 is 15.6 Å². The van der Waals surface area contributed by atoms with Crippen LogP contribution >= 0.6 is 11.8 Å².